The van der Waals surface area contributed by atoms with Crippen molar-refractivity contribution in [2.45, 2.75) is 39.8 Å². The number of fused-ring (bicyclic) bond motifs is 1. The lowest BCUT2D eigenvalue weighted by Crippen LogP contribution is -2.40. The van der Waals surface area contributed by atoms with Crippen LogP contribution in [-0.4, -0.2) is 50.0 Å². The summed E-state index contributed by atoms with van der Waals surface area (Å²) in [6.07, 6.45) is 1.36. The quantitative estimate of drug-likeness (QED) is 0.218. The lowest BCUT2D eigenvalue weighted by molar-refractivity contribution is -0.145. The zero-order chi connectivity index (χ0) is 31.4. The molecule has 0 saturated carbocycles. The molecule has 2 aromatic carbocycles. The molecule has 1 aliphatic heterocycles. The number of rotatable bonds is 10. The molecule has 2 heterocycles. The van der Waals surface area contributed by atoms with E-state index in [4.69, 9.17) is 23.7 Å². The van der Waals surface area contributed by atoms with Crippen LogP contribution in [0.2, 0.25) is 0 Å². The summed E-state index contributed by atoms with van der Waals surface area (Å²) in [5, 5.41) is 0. The number of benzene rings is 2. The zero-order valence-corrected chi connectivity index (χ0v) is 28.9. The van der Waals surface area contributed by atoms with E-state index in [0.29, 0.717) is 47.0 Å². The fourth-order valence-corrected chi connectivity index (χ4v) is 6.73. The lowest BCUT2D eigenvalue weighted by Gasteiger charge is -2.26. The second-order valence-electron chi connectivity index (χ2n) is 9.55. The van der Waals surface area contributed by atoms with Crippen LogP contribution >= 0.6 is 49.9 Å². The van der Waals surface area contributed by atoms with Gasteiger partial charge in [-0.3, -0.25) is 9.36 Å². The minimum atomic E-state index is -0.842. The highest BCUT2D eigenvalue weighted by molar-refractivity contribution is 14.1. The molecule has 0 unspecified atom stereocenters. The highest BCUT2D eigenvalue weighted by atomic mass is 127. The van der Waals surface area contributed by atoms with Crippen molar-refractivity contribution in [3.63, 3.8) is 0 Å². The molecule has 0 N–H and O–H groups in total. The number of thiazole rings is 1. The van der Waals surface area contributed by atoms with Crippen molar-refractivity contribution in [1.29, 1.82) is 0 Å². The maximum atomic E-state index is 14.1. The number of methoxy groups -OCH3 is 2. The van der Waals surface area contributed by atoms with Gasteiger partial charge in [0.05, 0.1) is 46.3 Å². The Bertz CT molecular complexity index is 1780. The average molecular weight is 785 g/mol. The summed E-state index contributed by atoms with van der Waals surface area (Å²) in [4.78, 5) is 44.4. The summed E-state index contributed by atoms with van der Waals surface area (Å²) in [7, 11) is 3.03. The molecule has 0 amide bonds. The fraction of sp³-hybridized carbons (Fsp3) is 0.333. The van der Waals surface area contributed by atoms with E-state index >= 15 is 0 Å². The van der Waals surface area contributed by atoms with Crippen LogP contribution in [0.4, 0.5) is 0 Å². The summed E-state index contributed by atoms with van der Waals surface area (Å²) >= 11 is 6.80. The van der Waals surface area contributed by atoms with Crippen molar-refractivity contribution in [3.8, 4) is 17.2 Å². The Morgan fingerprint density at radius 3 is 2.53 bits per heavy atom. The Kier molecular flexibility index (Phi) is 10.7. The molecule has 1 aliphatic rings. The first kappa shape index (κ1) is 32.7. The maximum absolute atomic E-state index is 14.1. The molecule has 1 aromatic heterocycles. The SMILES string of the molecule is CCOC(=O)COc1c(I)cc(/C=c2\sc3n(c2=O)[C@@H](c2cc(Br)ccc2OC)C(C(=O)OC(C)C)=C(C)N=3)cc1OC. The predicted octanol–water partition coefficient (Wildman–Crippen LogP) is 4.51. The first-order valence-corrected chi connectivity index (χ1v) is 15.9. The van der Waals surface area contributed by atoms with E-state index in [0.717, 1.165) is 4.47 Å². The standard InChI is InChI=1S/C30H30BrIN2O8S/c1-7-40-24(35)14-41-27-20(32)10-17(11-22(27)39-6)12-23-28(36)34-26(19-13-18(31)8-9-21(19)38-5)25(29(37)42-15(2)3)16(4)33-30(34)43-23/h8-13,15,26H,7,14H2,1-6H3/b23-12-/t26-/m0/s1. The van der Waals surface area contributed by atoms with Gasteiger partial charge < -0.3 is 23.7 Å². The van der Waals surface area contributed by atoms with E-state index in [1.54, 1.807) is 45.9 Å². The molecule has 43 heavy (non-hydrogen) atoms. The Balaban J connectivity index is 1.88. The molecule has 0 radical (unpaired) electrons. The van der Waals surface area contributed by atoms with E-state index in [2.05, 4.69) is 43.5 Å². The van der Waals surface area contributed by atoms with Crippen molar-refractivity contribution in [2.24, 2.45) is 4.99 Å². The molecule has 0 fully saturated rings. The Labute approximate surface area is 274 Å². The monoisotopic (exact) mass is 784 g/mol. The maximum Gasteiger partial charge on any atom is 0.344 e. The lowest BCUT2D eigenvalue weighted by atomic mass is 9.95. The van der Waals surface area contributed by atoms with E-state index in [1.807, 2.05) is 18.2 Å². The van der Waals surface area contributed by atoms with Crippen molar-refractivity contribution in [1.82, 2.24) is 4.57 Å². The number of carbonyl (C=O) groups excluding carboxylic acids is 2. The summed E-state index contributed by atoms with van der Waals surface area (Å²) in [5.74, 6) is 0.233. The van der Waals surface area contributed by atoms with Gasteiger partial charge in [-0.1, -0.05) is 27.3 Å². The van der Waals surface area contributed by atoms with Crippen LogP contribution in [0.1, 0.15) is 44.9 Å². The summed E-state index contributed by atoms with van der Waals surface area (Å²) in [6, 6.07) is 8.11. The summed E-state index contributed by atoms with van der Waals surface area (Å²) in [6.45, 7) is 6.96. The van der Waals surface area contributed by atoms with Gasteiger partial charge in [0.15, 0.2) is 22.9 Å². The first-order chi connectivity index (χ1) is 20.5. The molecule has 0 aliphatic carbocycles. The Morgan fingerprint density at radius 2 is 1.88 bits per heavy atom. The van der Waals surface area contributed by atoms with Crippen LogP contribution in [-0.2, 0) is 19.1 Å². The molecular formula is C30H30BrIN2O8S. The number of ether oxygens (including phenoxy) is 5. The van der Waals surface area contributed by atoms with Crippen LogP contribution in [0.5, 0.6) is 17.2 Å². The topological polar surface area (TPSA) is 115 Å². The van der Waals surface area contributed by atoms with Gasteiger partial charge in [-0.2, -0.15) is 0 Å². The predicted molar refractivity (Wildman–Crippen MR) is 174 cm³/mol. The van der Waals surface area contributed by atoms with Crippen LogP contribution in [0.15, 0.2) is 55.9 Å². The van der Waals surface area contributed by atoms with Gasteiger partial charge in [0.2, 0.25) is 0 Å². The normalized spacial score (nSPS) is 14.7. The molecule has 3 aromatic rings. The molecule has 0 spiro atoms. The molecule has 4 rings (SSSR count). The molecule has 1 atom stereocenters. The third-order valence-electron chi connectivity index (χ3n) is 6.26. The summed E-state index contributed by atoms with van der Waals surface area (Å²) in [5.41, 5.74) is 1.64. The van der Waals surface area contributed by atoms with Gasteiger partial charge in [0, 0.05) is 10.0 Å². The first-order valence-electron chi connectivity index (χ1n) is 13.2. The molecule has 0 bridgehead atoms. The highest BCUT2D eigenvalue weighted by Gasteiger charge is 2.35. The van der Waals surface area contributed by atoms with Crippen molar-refractivity contribution in [3.05, 3.63) is 80.5 Å². The molecular weight excluding hydrogens is 755 g/mol. The van der Waals surface area contributed by atoms with Gasteiger partial charge in [-0.05, 0) is 92.3 Å². The van der Waals surface area contributed by atoms with Gasteiger partial charge in [-0.25, -0.2) is 14.6 Å². The molecule has 0 saturated heterocycles. The number of halogens is 2. The Hall–Kier alpha value is -3.17. The smallest absolute Gasteiger partial charge is 0.344 e. The molecule has 228 valence electrons. The second kappa shape index (κ2) is 14.1. The van der Waals surface area contributed by atoms with Crippen LogP contribution < -0.4 is 29.1 Å². The minimum absolute atomic E-state index is 0.252. The van der Waals surface area contributed by atoms with Gasteiger partial charge in [0.1, 0.15) is 11.8 Å². The van der Waals surface area contributed by atoms with Crippen LogP contribution in [0.25, 0.3) is 6.08 Å². The number of hydrogen-bond donors (Lipinski definition) is 0. The highest BCUT2D eigenvalue weighted by Crippen LogP contribution is 2.38. The van der Waals surface area contributed by atoms with Gasteiger partial charge in [0.25, 0.3) is 5.56 Å². The minimum Gasteiger partial charge on any atom is -0.496 e. The molecule has 10 nitrogen and oxygen atoms in total. The third kappa shape index (κ3) is 7.15. The number of aromatic nitrogens is 1. The average Bonchev–Trinajstić information content (AvgIpc) is 3.24. The number of carbonyl (C=O) groups is 2. The Morgan fingerprint density at radius 1 is 1.16 bits per heavy atom. The van der Waals surface area contributed by atoms with Crippen molar-refractivity contribution < 1.29 is 33.3 Å². The van der Waals surface area contributed by atoms with E-state index in [-0.39, 0.29) is 30.5 Å². The van der Waals surface area contributed by atoms with E-state index in [1.165, 1.54) is 30.1 Å². The number of nitrogens with zero attached hydrogens (tertiary/aromatic N) is 2. The van der Waals surface area contributed by atoms with Crippen LogP contribution in [0.3, 0.4) is 0 Å². The number of esters is 2. The summed E-state index contributed by atoms with van der Waals surface area (Å²) < 4.78 is 30.7. The van der Waals surface area contributed by atoms with Crippen molar-refractivity contribution >= 4 is 67.9 Å². The fourth-order valence-electron chi connectivity index (χ4n) is 4.52. The second-order valence-corrected chi connectivity index (χ2v) is 12.6. The third-order valence-corrected chi connectivity index (χ3v) is 8.54. The van der Waals surface area contributed by atoms with Crippen LogP contribution in [0, 0.1) is 3.57 Å². The largest absolute Gasteiger partial charge is 0.496 e. The van der Waals surface area contributed by atoms with Gasteiger partial charge in [-0.15, -0.1) is 0 Å². The van der Waals surface area contributed by atoms with E-state index in [9.17, 15) is 14.4 Å². The zero-order valence-electron chi connectivity index (χ0n) is 24.4. The number of allylic oxidation sites excluding steroid dienone is 1. The molecule has 13 heteroatoms. The van der Waals surface area contributed by atoms with Gasteiger partial charge >= 0.3 is 11.9 Å². The number of hydrogen-bond acceptors (Lipinski definition) is 10. The van der Waals surface area contributed by atoms with Crippen molar-refractivity contribution in [2.75, 3.05) is 27.4 Å². The van der Waals surface area contributed by atoms with E-state index < -0.39 is 18.0 Å².